The summed E-state index contributed by atoms with van der Waals surface area (Å²) in [7, 11) is 1.70. The zero-order valence-electron chi connectivity index (χ0n) is 8.74. The van der Waals surface area contributed by atoms with E-state index in [1.54, 1.807) is 13.1 Å². The van der Waals surface area contributed by atoms with Gasteiger partial charge in [0.25, 0.3) is 5.65 Å². The first-order valence-electron chi connectivity index (χ1n) is 4.50. The van der Waals surface area contributed by atoms with Crippen LogP contribution in [0.3, 0.4) is 0 Å². The Kier molecular flexibility index (Phi) is 1.92. The van der Waals surface area contributed by atoms with E-state index in [-0.39, 0.29) is 11.6 Å². The quantitative estimate of drug-likeness (QED) is 0.551. The van der Waals surface area contributed by atoms with Crippen molar-refractivity contribution in [3.63, 3.8) is 0 Å². The highest BCUT2D eigenvalue weighted by molar-refractivity contribution is 6.04. The van der Waals surface area contributed by atoms with Crippen LogP contribution in [0.5, 0.6) is 0 Å². The summed E-state index contributed by atoms with van der Waals surface area (Å²) in [5.74, 6) is -0.214. The Balaban J connectivity index is 2.83. The third-order valence-electron chi connectivity index (χ3n) is 2.20. The summed E-state index contributed by atoms with van der Waals surface area (Å²) in [6.45, 7) is 2.90. The number of Topliss-reactive ketones (excluding diaryl/α,β-unsaturated/α-hetero) is 2. The number of aromatic amines is 1. The van der Waals surface area contributed by atoms with Crippen LogP contribution in [0, 0.1) is 0 Å². The molecule has 0 aliphatic rings. The molecule has 2 aromatic rings. The number of nitrogens with one attached hydrogen (secondary N) is 1. The van der Waals surface area contributed by atoms with Gasteiger partial charge in [-0.25, -0.2) is 0 Å². The van der Waals surface area contributed by atoms with Gasteiger partial charge < -0.3 is 0 Å². The number of ketones is 2. The molecule has 0 aliphatic carbocycles. The van der Waals surface area contributed by atoms with Crippen LogP contribution in [-0.2, 0) is 7.05 Å². The van der Waals surface area contributed by atoms with Crippen LogP contribution in [0.1, 0.15) is 34.7 Å². The summed E-state index contributed by atoms with van der Waals surface area (Å²) in [6.07, 6.45) is 0. The number of H-pyrrole nitrogens is 1. The lowest BCUT2D eigenvalue weighted by Crippen LogP contribution is -2.34. The van der Waals surface area contributed by atoms with Gasteiger partial charge in [0, 0.05) is 13.0 Å². The van der Waals surface area contributed by atoms with E-state index in [0.717, 1.165) is 0 Å². The minimum atomic E-state index is -0.109. The number of hydrogen-bond donors (Lipinski definition) is 1. The summed E-state index contributed by atoms with van der Waals surface area (Å²) in [6, 6.07) is 1.56. The Morgan fingerprint density at radius 1 is 1.40 bits per heavy atom. The Labute approximate surface area is 85.5 Å². The van der Waals surface area contributed by atoms with E-state index in [4.69, 9.17) is 0 Å². The summed E-state index contributed by atoms with van der Waals surface area (Å²) in [4.78, 5) is 24.1. The van der Waals surface area contributed by atoms with E-state index in [9.17, 15) is 9.59 Å². The van der Waals surface area contributed by atoms with Crippen LogP contribution in [-0.4, -0.2) is 26.4 Å². The SMILES string of the molecule is CC(=O)c1cc(C(C)=O)n2[nH][n+](C)nc12. The van der Waals surface area contributed by atoms with E-state index < -0.39 is 0 Å². The van der Waals surface area contributed by atoms with Gasteiger partial charge in [-0.2, -0.15) is 0 Å². The Morgan fingerprint density at radius 2 is 2.07 bits per heavy atom. The van der Waals surface area contributed by atoms with Crippen molar-refractivity contribution in [1.82, 2.24) is 14.8 Å². The second kappa shape index (κ2) is 3.01. The number of nitrogens with zero attached hydrogens (tertiary/aromatic N) is 3. The first-order valence-corrected chi connectivity index (χ1v) is 4.50. The molecule has 2 rings (SSSR count). The molecule has 0 fully saturated rings. The van der Waals surface area contributed by atoms with Gasteiger partial charge in [0.2, 0.25) is 5.78 Å². The molecule has 1 N–H and O–H groups in total. The molecule has 0 bridgehead atoms. The predicted octanol–water partition coefficient (Wildman–Crippen LogP) is -0.108. The topological polar surface area (TPSA) is 71.1 Å². The molecule has 78 valence electrons. The molecule has 6 nitrogen and oxygen atoms in total. The zero-order valence-corrected chi connectivity index (χ0v) is 8.74. The minimum absolute atomic E-state index is 0.105. The number of rotatable bonds is 2. The van der Waals surface area contributed by atoms with Crippen molar-refractivity contribution in [2.24, 2.45) is 7.05 Å². The summed E-state index contributed by atoms with van der Waals surface area (Å²) >= 11 is 0. The number of carbonyl (C=O) groups excluding carboxylic acids is 2. The van der Waals surface area contributed by atoms with Gasteiger partial charge in [-0.3, -0.25) is 9.59 Å². The van der Waals surface area contributed by atoms with Crippen molar-refractivity contribution in [3.05, 3.63) is 17.3 Å². The number of aromatic nitrogens is 4. The lowest BCUT2D eigenvalue weighted by atomic mass is 10.2. The largest absolute Gasteiger partial charge is 0.297 e. The van der Waals surface area contributed by atoms with Crippen LogP contribution < -0.4 is 4.80 Å². The molecule has 0 atom stereocenters. The molecule has 2 aromatic heterocycles. The number of tetrazole rings is 1. The maximum atomic E-state index is 11.3. The van der Waals surface area contributed by atoms with Gasteiger partial charge in [-0.05, 0) is 12.0 Å². The highest BCUT2D eigenvalue weighted by Gasteiger charge is 2.24. The summed E-state index contributed by atoms with van der Waals surface area (Å²) in [5.41, 5.74) is 1.37. The first-order chi connectivity index (χ1) is 7.00. The number of hydrogen-bond acceptors (Lipinski definition) is 3. The van der Waals surface area contributed by atoms with E-state index in [1.165, 1.54) is 23.2 Å². The van der Waals surface area contributed by atoms with Crippen molar-refractivity contribution in [2.75, 3.05) is 0 Å². The monoisotopic (exact) mass is 207 g/mol. The van der Waals surface area contributed by atoms with Gasteiger partial charge in [-0.1, -0.05) is 14.5 Å². The lowest BCUT2D eigenvalue weighted by molar-refractivity contribution is -0.783. The van der Waals surface area contributed by atoms with Crippen molar-refractivity contribution in [3.8, 4) is 0 Å². The molecule has 0 saturated carbocycles. The average Bonchev–Trinajstić information content (AvgIpc) is 2.59. The van der Waals surface area contributed by atoms with Crippen LogP contribution in [0.2, 0.25) is 0 Å². The highest BCUT2D eigenvalue weighted by atomic mass is 16.1. The van der Waals surface area contributed by atoms with Crippen molar-refractivity contribution < 1.29 is 14.4 Å². The van der Waals surface area contributed by atoms with E-state index in [2.05, 4.69) is 10.3 Å². The zero-order chi connectivity index (χ0) is 11.2. The second-order valence-electron chi connectivity index (χ2n) is 3.44. The lowest BCUT2D eigenvalue weighted by Gasteiger charge is -1.83. The smallest absolute Gasteiger partial charge is 0.294 e. The molecule has 6 heteroatoms. The molecule has 0 saturated heterocycles. The van der Waals surface area contributed by atoms with Crippen LogP contribution >= 0.6 is 0 Å². The van der Waals surface area contributed by atoms with E-state index in [1.807, 2.05) is 0 Å². The predicted molar refractivity (Wildman–Crippen MR) is 50.7 cm³/mol. The summed E-state index contributed by atoms with van der Waals surface area (Å²) in [5, 5.41) is 6.92. The fraction of sp³-hybridized carbons (Fsp3) is 0.333. The average molecular weight is 207 g/mol. The summed E-state index contributed by atoms with van der Waals surface area (Å²) < 4.78 is 1.51. The second-order valence-corrected chi connectivity index (χ2v) is 3.44. The molecule has 0 amide bonds. The fourth-order valence-corrected chi connectivity index (χ4v) is 1.53. The third kappa shape index (κ3) is 1.34. The minimum Gasteiger partial charge on any atom is -0.294 e. The van der Waals surface area contributed by atoms with Gasteiger partial charge in [0.1, 0.15) is 7.05 Å². The molecule has 0 radical (unpaired) electrons. The third-order valence-corrected chi connectivity index (χ3v) is 2.20. The van der Waals surface area contributed by atoms with Crippen molar-refractivity contribution in [1.29, 1.82) is 0 Å². The molecular formula is C9H11N4O2+. The molecule has 15 heavy (non-hydrogen) atoms. The Morgan fingerprint density at radius 3 is 2.60 bits per heavy atom. The van der Waals surface area contributed by atoms with Gasteiger partial charge in [-0.15, -0.1) is 0 Å². The standard InChI is InChI=1S/C9H10N4O2/c1-5(14)7-4-8(6(2)15)13-9(7)10-12(3)11-13/h4H,1-3H3/p+1. The van der Waals surface area contributed by atoms with Gasteiger partial charge in [0.15, 0.2) is 11.5 Å². The van der Waals surface area contributed by atoms with Crippen LogP contribution in [0.15, 0.2) is 6.07 Å². The van der Waals surface area contributed by atoms with E-state index in [0.29, 0.717) is 16.9 Å². The van der Waals surface area contributed by atoms with Crippen LogP contribution in [0.4, 0.5) is 0 Å². The number of fused-ring (bicyclic) bond motifs is 1. The molecular weight excluding hydrogens is 196 g/mol. The van der Waals surface area contributed by atoms with E-state index >= 15 is 0 Å². The molecule has 0 aliphatic heterocycles. The Bertz CT molecular complexity index is 517. The molecule has 2 heterocycles. The highest BCUT2D eigenvalue weighted by Crippen LogP contribution is 2.13. The molecule has 0 unspecified atom stereocenters. The number of carbonyl (C=O) groups is 2. The molecule has 0 spiro atoms. The Hall–Kier alpha value is -1.98. The normalized spacial score (nSPS) is 10.9. The molecule has 0 aromatic carbocycles. The maximum absolute atomic E-state index is 11.3. The van der Waals surface area contributed by atoms with Gasteiger partial charge >= 0.3 is 0 Å². The van der Waals surface area contributed by atoms with Gasteiger partial charge in [0.05, 0.1) is 5.56 Å². The maximum Gasteiger partial charge on any atom is 0.297 e. The van der Waals surface area contributed by atoms with Crippen molar-refractivity contribution in [2.45, 2.75) is 13.8 Å². The number of aryl methyl sites for hydroxylation is 1. The first kappa shape index (κ1) is 9.57. The van der Waals surface area contributed by atoms with Crippen molar-refractivity contribution >= 4 is 17.2 Å². The fourth-order valence-electron chi connectivity index (χ4n) is 1.53. The van der Waals surface area contributed by atoms with Crippen LogP contribution in [0.25, 0.3) is 5.65 Å².